The Balaban J connectivity index is 2.01. The summed E-state index contributed by atoms with van der Waals surface area (Å²) in [5.74, 6) is 0.995. The second-order valence-electron chi connectivity index (χ2n) is 9.30. The van der Waals surface area contributed by atoms with Crippen molar-refractivity contribution >= 4 is 29.3 Å². The van der Waals surface area contributed by atoms with Gasteiger partial charge in [-0.2, -0.15) is 0 Å². The fourth-order valence-electron chi connectivity index (χ4n) is 3.75. The Hall–Kier alpha value is -0.970. The van der Waals surface area contributed by atoms with Gasteiger partial charge in [-0.3, -0.25) is 4.90 Å². The predicted molar refractivity (Wildman–Crippen MR) is 117 cm³/mol. The lowest BCUT2D eigenvalue weighted by atomic mass is 9.97. The summed E-state index contributed by atoms with van der Waals surface area (Å²) in [4.78, 5) is 16.8. The van der Waals surface area contributed by atoms with Crippen molar-refractivity contribution in [1.82, 2.24) is 9.80 Å². The van der Waals surface area contributed by atoms with Crippen LogP contribution >= 0.6 is 23.2 Å². The SMILES string of the molecule is CC(C)CN(Cc1cc(Cl)cc(Cl)c1)C[C@@H]1CCCN(C(=O)OC(C)(C)C)C1. The first-order valence-electron chi connectivity index (χ1n) is 10.2. The van der Waals surface area contributed by atoms with E-state index in [1.807, 2.05) is 37.8 Å². The van der Waals surface area contributed by atoms with Crippen molar-refractivity contribution in [2.24, 2.45) is 11.8 Å². The third kappa shape index (κ3) is 8.18. The third-order valence-corrected chi connectivity index (χ3v) is 5.08. The molecule has 0 aliphatic carbocycles. The number of hydrogen-bond acceptors (Lipinski definition) is 3. The zero-order valence-corrected chi connectivity index (χ0v) is 19.3. The maximum atomic E-state index is 12.4. The largest absolute Gasteiger partial charge is 0.444 e. The highest BCUT2D eigenvalue weighted by molar-refractivity contribution is 6.34. The minimum Gasteiger partial charge on any atom is -0.444 e. The molecule has 0 N–H and O–H groups in total. The first-order chi connectivity index (χ1) is 13.0. The number of benzene rings is 1. The molecule has 1 saturated heterocycles. The van der Waals surface area contributed by atoms with Crippen LogP contribution in [0, 0.1) is 11.8 Å². The zero-order chi connectivity index (χ0) is 20.9. The van der Waals surface area contributed by atoms with Crippen LogP contribution in [0.25, 0.3) is 0 Å². The molecule has 2 rings (SSSR count). The molecule has 1 aromatic rings. The molecule has 0 saturated carbocycles. The molecule has 158 valence electrons. The quantitative estimate of drug-likeness (QED) is 0.548. The Morgan fingerprint density at radius 2 is 1.89 bits per heavy atom. The summed E-state index contributed by atoms with van der Waals surface area (Å²) in [5, 5.41) is 1.33. The van der Waals surface area contributed by atoms with Crippen LogP contribution in [0.3, 0.4) is 0 Å². The second kappa shape index (κ2) is 10.2. The van der Waals surface area contributed by atoms with E-state index in [0.29, 0.717) is 21.9 Å². The van der Waals surface area contributed by atoms with Gasteiger partial charge in [-0.05, 0) is 69.2 Å². The number of ether oxygens (including phenoxy) is 1. The lowest BCUT2D eigenvalue weighted by Gasteiger charge is -2.37. The van der Waals surface area contributed by atoms with Gasteiger partial charge < -0.3 is 9.64 Å². The number of piperidine rings is 1. The summed E-state index contributed by atoms with van der Waals surface area (Å²) in [6, 6.07) is 5.72. The van der Waals surface area contributed by atoms with Crippen LogP contribution in [0.4, 0.5) is 4.79 Å². The van der Waals surface area contributed by atoms with Crippen LogP contribution in [0.5, 0.6) is 0 Å². The van der Waals surface area contributed by atoms with E-state index < -0.39 is 5.60 Å². The van der Waals surface area contributed by atoms with E-state index in [-0.39, 0.29) is 6.09 Å². The van der Waals surface area contributed by atoms with Gasteiger partial charge in [0.25, 0.3) is 0 Å². The number of likely N-dealkylation sites (tertiary alicyclic amines) is 1. The summed E-state index contributed by atoms with van der Waals surface area (Å²) in [6.07, 6.45) is 1.95. The summed E-state index contributed by atoms with van der Waals surface area (Å²) < 4.78 is 5.56. The third-order valence-electron chi connectivity index (χ3n) is 4.64. The molecule has 0 spiro atoms. The van der Waals surface area contributed by atoms with Crippen LogP contribution in [-0.4, -0.2) is 47.7 Å². The van der Waals surface area contributed by atoms with Gasteiger partial charge in [-0.1, -0.05) is 37.0 Å². The van der Waals surface area contributed by atoms with Gasteiger partial charge >= 0.3 is 6.09 Å². The van der Waals surface area contributed by atoms with Crippen LogP contribution in [0.2, 0.25) is 10.0 Å². The molecule has 1 aromatic carbocycles. The number of nitrogens with zero attached hydrogens (tertiary/aromatic N) is 2. The molecule has 1 aliphatic heterocycles. The highest BCUT2D eigenvalue weighted by Crippen LogP contribution is 2.24. The molecule has 1 aliphatic rings. The monoisotopic (exact) mass is 428 g/mol. The number of hydrogen-bond donors (Lipinski definition) is 0. The van der Waals surface area contributed by atoms with E-state index in [4.69, 9.17) is 27.9 Å². The van der Waals surface area contributed by atoms with Crippen LogP contribution in [-0.2, 0) is 11.3 Å². The topological polar surface area (TPSA) is 32.8 Å². The Kier molecular flexibility index (Phi) is 8.47. The lowest BCUT2D eigenvalue weighted by molar-refractivity contribution is 0.0139. The van der Waals surface area contributed by atoms with Gasteiger partial charge in [0.1, 0.15) is 5.60 Å². The van der Waals surface area contributed by atoms with Gasteiger partial charge in [0, 0.05) is 42.8 Å². The number of rotatable bonds is 6. The van der Waals surface area contributed by atoms with E-state index in [9.17, 15) is 4.79 Å². The molecular weight excluding hydrogens is 395 g/mol. The summed E-state index contributed by atoms with van der Waals surface area (Å²) in [7, 11) is 0. The van der Waals surface area contributed by atoms with Crippen molar-refractivity contribution < 1.29 is 9.53 Å². The van der Waals surface area contributed by atoms with Crippen molar-refractivity contribution in [3.63, 3.8) is 0 Å². The lowest BCUT2D eigenvalue weighted by Crippen LogP contribution is -2.46. The number of carbonyl (C=O) groups excluding carboxylic acids is 1. The van der Waals surface area contributed by atoms with E-state index in [1.54, 1.807) is 6.07 Å². The van der Waals surface area contributed by atoms with E-state index >= 15 is 0 Å². The van der Waals surface area contributed by atoms with Crippen LogP contribution in [0.1, 0.15) is 53.0 Å². The highest BCUT2D eigenvalue weighted by Gasteiger charge is 2.28. The van der Waals surface area contributed by atoms with E-state index in [1.165, 1.54) is 0 Å². The molecule has 1 heterocycles. The Bertz CT molecular complexity index is 638. The molecule has 6 heteroatoms. The Labute approximate surface area is 180 Å². The van der Waals surface area contributed by atoms with Crippen LogP contribution < -0.4 is 0 Å². The van der Waals surface area contributed by atoms with Gasteiger partial charge in [-0.25, -0.2) is 4.79 Å². The number of amides is 1. The minimum absolute atomic E-state index is 0.200. The molecule has 1 atom stereocenters. The van der Waals surface area contributed by atoms with Crippen molar-refractivity contribution in [2.75, 3.05) is 26.2 Å². The average Bonchev–Trinajstić information content (AvgIpc) is 2.51. The van der Waals surface area contributed by atoms with Crippen molar-refractivity contribution in [3.05, 3.63) is 33.8 Å². The van der Waals surface area contributed by atoms with Crippen molar-refractivity contribution in [1.29, 1.82) is 0 Å². The first kappa shape index (κ1) is 23.3. The predicted octanol–water partition coefficient (Wildman–Crippen LogP) is 6.10. The van der Waals surface area contributed by atoms with Gasteiger partial charge in [-0.15, -0.1) is 0 Å². The molecule has 1 amide bonds. The molecule has 0 radical (unpaired) electrons. The van der Waals surface area contributed by atoms with Gasteiger partial charge in [0.15, 0.2) is 0 Å². The Morgan fingerprint density at radius 3 is 2.46 bits per heavy atom. The summed E-state index contributed by atoms with van der Waals surface area (Å²) in [5.41, 5.74) is 0.664. The molecule has 0 unspecified atom stereocenters. The molecule has 4 nitrogen and oxygen atoms in total. The van der Waals surface area contributed by atoms with Crippen LogP contribution in [0.15, 0.2) is 18.2 Å². The van der Waals surface area contributed by atoms with Crippen molar-refractivity contribution in [2.45, 2.75) is 59.6 Å². The molecule has 1 fully saturated rings. The Morgan fingerprint density at radius 1 is 1.25 bits per heavy atom. The number of carbonyl (C=O) groups is 1. The van der Waals surface area contributed by atoms with Gasteiger partial charge in [0.05, 0.1) is 0 Å². The zero-order valence-electron chi connectivity index (χ0n) is 17.8. The second-order valence-corrected chi connectivity index (χ2v) is 10.2. The standard InChI is InChI=1S/C22H34Cl2N2O2/c1-16(2)12-25(14-18-9-19(23)11-20(24)10-18)13-17-7-6-8-26(15-17)21(27)28-22(3,4)5/h9-11,16-17H,6-8,12-15H2,1-5H3/t17-/m0/s1. The minimum atomic E-state index is -0.459. The summed E-state index contributed by atoms with van der Waals surface area (Å²) in [6.45, 7) is 14.5. The smallest absolute Gasteiger partial charge is 0.410 e. The molecule has 28 heavy (non-hydrogen) atoms. The fraction of sp³-hybridized carbons (Fsp3) is 0.682. The fourth-order valence-corrected chi connectivity index (χ4v) is 4.32. The number of halogens is 2. The average molecular weight is 429 g/mol. The molecular formula is C22H34Cl2N2O2. The molecule has 0 aromatic heterocycles. The van der Waals surface area contributed by atoms with E-state index in [0.717, 1.165) is 51.1 Å². The maximum absolute atomic E-state index is 12.4. The maximum Gasteiger partial charge on any atom is 0.410 e. The van der Waals surface area contributed by atoms with Gasteiger partial charge in [0.2, 0.25) is 0 Å². The highest BCUT2D eigenvalue weighted by atomic mass is 35.5. The summed E-state index contributed by atoms with van der Waals surface area (Å²) >= 11 is 12.4. The van der Waals surface area contributed by atoms with Crippen molar-refractivity contribution in [3.8, 4) is 0 Å². The normalized spacial score (nSPS) is 18.0. The van der Waals surface area contributed by atoms with E-state index in [2.05, 4.69) is 18.7 Å². The molecule has 0 bridgehead atoms. The first-order valence-corrected chi connectivity index (χ1v) is 10.9.